The van der Waals surface area contributed by atoms with Crippen molar-refractivity contribution in [2.45, 2.75) is 58.0 Å². The smallest absolute Gasteiger partial charge is 0.241 e. The molecule has 0 radical (unpaired) electrons. The first kappa shape index (κ1) is 26.7. The molecule has 0 bridgehead atoms. The Morgan fingerprint density at radius 1 is 1.18 bits per heavy atom. The number of nitrogens with zero attached hydrogens (tertiary/aromatic N) is 4. The molecule has 1 N–H and O–H groups in total. The Hall–Kier alpha value is -2.91. The van der Waals surface area contributed by atoms with Gasteiger partial charge in [0.2, 0.25) is 11.8 Å². The first-order valence-electron chi connectivity index (χ1n) is 13.5. The minimum atomic E-state index is -0.615. The molecule has 5 rings (SSSR count). The van der Waals surface area contributed by atoms with E-state index in [1.54, 1.807) is 6.20 Å². The average Bonchev–Trinajstić information content (AvgIpc) is 3.31. The molecular weight excluding hydrogens is 488 g/mol. The van der Waals surface area contributed by atoms with Crippen molar-refractivity contribution >= 4 is 17.5 Å². The molecule has 204 valence electrons. The predicted molar refractivity (Wildman–Crippen MR) is 142 cm³/mol. The van der Waals surface area contributed by atoms with Gasteiger partial charge in [0.25, 0.3) is 0 Å². The van der Waals surface area contributed by atoms with Crippen LogP contribution in [-0.4, -0.2) is 78.0 Å². The number of amides is 2. The maximum absolute atomic E-state index is 14.3. The second-order valence-corrected chi connectivity index (χ2v) is 12.0. The zero-order valence-corrected chi connectivity index (χ0v) is 22.6. The zero-order chi connectivity index (χ0) is 27.2. The zero-order valence-electron chi connectivity index (χ0n) is 22.6. The molecular formula is C29H37F2N5O2. The van der Waals surface area contributed by atoms with Crippen molar-refractivity contribution in [3.63, 3.8) is 0 Å². The van der Waals surface area contributed by atoms with E-state index in [1.807, 2.05) is 15.9 Å². The number of carbonyl (C=O) groups is 2. The van der Waals surface area contributed by atoms with Gasteiger partial charge in [-0.3, -0.25) is 19.5 Å². The van der Waals surface area contributed by atoms with Crippen molar-refractivity contribution in [2.24, 2.45) is 5.92 Å². The maximum Gasteiger partial charge on any atom is 0.241 e. The number of anilines is 1. The van der Waals surface area contributed by atoms with E-state index in [0.29, 0.717) is 36.7 Å². The topological polar surface area (TPSA) is 68.8 Å². The largest absolute Gasteiger partial charge is 0.341 e. The van der Waals surface area contributed by atoms with Gasteiger partial charge in [-0.25, -0.2) is 8.78 Å². The molecule has 0 saturated carbocycles. The highest BCUT2D eigenvalue weighted by atomic mass is 19.1. The summed E-state index contributed by atoms with van der Waals surface area (Å²) < 4.78 is 27.6. The highest BCUT2D eigenvalue weighted by Crippen LogP contribution is 2.40. The lowest BCUT2D eigenvalue weighted by molar-refractivity contribution is -0.128. The maximum atomic E-state index is 14.3. The molecule has 2 amide bonds. The summed E-state index contributed by atoms with van der Waals surface area (Å²) in [6, 6.07) is 5.73. The van der Waals surface area contributed by atoms with E-state index in [2.05, 4.69) is 42.9 Å². The molecule has 1 aromatic heterocycles. The summed E-state index contributed by atoms with van der Waals surface area (Å²) in [5, 5.41) is 3.51. The van der Waals surface area contributed by atoms with E-state index in [4.69, 9.17) is 0 Å². The number of rotatable bonds is 6. The van der Waals surface area contributed by atoms with E-state index in [-0.39, 0.29) is 42.3 Å². The van der Waals surface area contributed by atoms with Crippen molar-refractivity contribution in [3.8, 4) is 0 Å². The van der Waals surface area contributed by atoms with Gasteiger partial charge in [-0.2, -0.15) is 0 Å². The van der Waals surface area contributed by atoms with Gasteiger partial charge >= 0.3 is 0 Å². The van der Waals surface area contributed by atoms with E-state index < -0.39 is 11.6 Å². The molecule has 2 fully saturated rings. The van der Waals surface area contributed by atoms with E-state index in [9.17, 15) is 18.4 Å². The van der Waals surface area contributed by atoms with E-state index >= 15 is 0 Å². The molecule has 2 aromatic rings. The van der Waals surface area contributed by atoms with Crippen LogP contribution in [0.5, 0.6) is 0 Å². The van der Waals surface area contributed by atoms with Crippen LogP contribution >= 0.6 is 0 Å². The van der Waals surface area contributed by atoms with Crippen molar-refractivity contribution in [2.75, 3.05) is 44.2 Å². The summed E-state index contributed by atoms with van der Waals surface area (Å²) in [6.45, 7) is 12.0. The molecule has 0 spiro atoms. The highest BCUT2D eigenvalue weighted by molar-refractivity contribution is 5.97. The molecule has 3 unspecified atom stereocenters. The Morgan fingerprint density at radius 2 is 1.97 bits per heavy atom. The molecule has 7 nitrogen and oxygen atoms in total. The van der Waals surface area contributed by atoms with Crippen LogP contribution in [0.25, 0.3) is 0 Å². The monoisotopic (exact) mass is 525 g/mol. The summed E-state index contributed by atoms with van der Waals surface area (Å²) >= 11 is 0. The molecule has 3 atom stereocenters. The molecule has 38 heavy (non-hydrogen) atoms. The molecule has 3 aliphatic heterocycles. The van der Waals surface area contributed by atoms with Crippen LogP contribution in [0.3, 0.4) is 0 Å². The fraction of sp³-hybridized carbons (Fsp3) is 0.552. The predicted octanol–water partition coefficient (Wildman–Crippen LogP) is 3.11. The summed E-state index contributed by atoms with van der Waals surface area (Å²) in [5.74, 6) is -0.666. The fourth-order valence-corrected chi connectivity index (χ4v) is 6.04. The third kappa shape index (κ3) is 5.45. The Bertz CT molecular complexity index is 1240. The summed E-state index contributed by atoms with van der Waals surface area (Å²) in [7, 11) is 0. The molecule has 0 aliphatic carbocycles. The van der Waals surface area contributed by atoms with Crippen molar-refractivity contribution in [3.05, 3.63) is 58.9 Å². The Balaban J connectivity index is 1.34. The molecule has 4 heterocycles. The fourth-order valence-electron chi connectivity index (χ4n) is 6.04. The van der Waals surface area contributed by atoms with Gasteiger partial charge < -0.3 is 15.1 Å². The first-order valence-corrected chi connectivity index (χ1v) is 13.5. The van der Waals surface area contributed by atoms with Crippen LogP contribution in [0.2, 0.25) is 0 Å². The standard InChI is InChI=1S/C29H37F2N5O2/c1-18-7-27(37)35(13-18)15-23-11-32-19(2)14-34(23)16-28(38)36-17-29(3,4)24-12-33-22(10-26(24)36)8-20-5-6-21(30)9-25(20)31/h5-6,9-10,12,18-19,23,32H,7-8,11,13-17H2,1-4H3. The minimum absolute atomic E-state index is 0.00199. The molecule has 2 saturated heterocycles. The van der Waals surface area contributed by atoms with Crippen molar-refractivity contribution in [1.82, 2.24) is 20.1 Å². The summed E-state index contributed by atoms with van der Waals surface area (Å²) in [4.78, 5) is 36.8. The van der Waals surface area contributed by atoms with Crippen molar-refractivity contribution < 1.29 is 18.4 Å². The van der Waals surface area contributed by atoms with Gasteiger partial charge in [-0.1, -0.05) is 26.8 Å². The number of hydrogen-bond donors (Lipinski definition) is 1. The van der Waals surface area contributed by atoms with Gasteiger partial charge in [0, 0.05) is 86.6 Å². The molecule has 3 aliphatic rings. The number of piperazine rings is 1. The number of hydrogen-bond acceptors (Lipinski definition) is 5. The van der Waals surface area contributed by atoms with Gasteiger partial charge in [0.15, 0.2) is 0 Å². The van der Waals surface area contributed by atoms with Gasteiger partial charge in [-0.15, -0.1) is 0 Å². The number of carbonyl (C=O) groups excluding carboxylic acids is 2. The Kier molecular flexibility index (Phi) is 7.26. The Morgan fingerprint density at radius 3 is 2.68 bits per heavy atom. The number of halogens is 2. The number of likely N-dealkylation sites (tertiary alicyclic amines) is 1. The van der Waals surface area contributed by atoms with Crippen LogP contribution in [0.15, 0.2) is 30.5 Å². The SMILES string of the molecule is CC1CC(=O)N(CC2CNC(C)CN2CC(=O)N2CC(C)(C)c3cnc(Cc4ccc(F)cc4F)cc32)C1. The third-order valence-corrected chi connectivity index (χ3v) is 8.10. The molecule has 9 heteroatoms. The van der Waals surface area contributed by atoms with Gasteiger partial charge in [0.1, 0.15) is 11.6 Å². The lowest BCUT2D eigenvalue weighted by atomic mass is 9.88. The lowest BCUT2D eigenvalue weighted by Crippen LogP contribution is -2.61. The number of pyridine rings is 1. The second kappa shape index (κ2) is 10.3. The average molecular weight is 526 g/mol. The van der Waals surface area contributed by atoms with Gasteiger partial charge in [0.05, 0.1) is 12.2 Å². The normalized spacial score (nSPS) is 25.2. The quantitative estimate of drug-likeness (QED) is 0.628. The van der Waals surface area contributed by atoms with Crippen LogP contribution in [0, 0.1) is 17.6 Å². The summed E-state index contributed by atoms with van der Waals surface area (Å²) in [5.41, 5.74) is 2.50. The van der Waals surface area contributed by atoms with Crippen LogP contribution in [0.4, 0.5) is 14.5 Å². The number of nitrogens with one attached hydrogen (secondary N) is 1. The van der Waals surface area contributed by atoms with Crippen LogP contribution in [0.1, 0.15) is 50.9 Å². The minimum Gasteiger partial charge on any atom is -0.341 e. The summed E-state index contributed by atoms with van der Waals surface area (Å²) in [6.07, 6.45) is 2.59. The first-order chi connectivity index (χ1) is 18.0. The second-order valence-electron chi connectivity index (χ2n) is 12.0. The van der Waals surface area contributed by atoms with Crippen LogP contribution in [-0.2, 0) is 21.4 Å². The Labute approximate surface area is 223 Å². The number of aromatic nitrogens is 1. The highest BCUT2D eigenvalue weighted by Gasteiger charge is 2.40. The lowest BCUT2D eigenvalue weighted by Gasteiger charge is -2.41. The van der Waals surface area contributed by atoms with Crippen LogP contribution < -0.4 is 10.2 Å². The van der Waals surface area contributed by atoms with Gasteiger partial charge in [-0.05, 0) is 30.5 Å². The number of benzene rings is 1. The van der Waals surface area contributed by atoms with E-state index in [0.717, 1.165) is 37.0 Å². The number of fused-ring (bicyclic) bond motifs is 1. The third-order valence-electron chi connectivity index (χ3n) is 8.10. The van der Waals surface area contributed by atoms with Crippen molar-refractivity contribution in [1.29, 1.82) is 0 Å². The van der Waals surface area contributed by atoms with E-state index in [1.165, 1.54) is 12.1 Å². The molecule has 1 aromatic carbocycles.